The summed E-state index contributed by atoms with van der Waals surface area (Å²) in [5.41, 5.74) is 2.26. The number of benzene rings is 1. The molecule has 1 fully saturated rings. The van der Waals surface area contributed by atoms with Crippen molar-refractivity contribution in [2.45, 2.75) is 31.6 Å². The smallest absolute Gasteiger partial charge is 0.289 e. The quantitative estimate of drug-likeness (QED) is 0.792. The first-order valence-electron chi connectivity index (χ1n) is 8.82. The summed E-state index contributed by atoms with van der Waals surface area (Å²) < 4.78 is 7.11. The van der Waals surface area contributed by atoms with Crippen molar-refractivity contribution in [2.75, 3.05) is 6.54 Å². The number of rotatable bonds is 4. The first-order chi connectivity index (χ1) is 12.2. The van der Waals surface area contributed by atoms with Crippen molar-refractivity contribution in [3.05, 3.63) is 48.1 Å². The summed E-state index contributed by atoms with van der Waals surface area (Å²) >= 11 is 0. The maximum atomic E-state index is 11.9. The van der Waals surface area contributed by atoms with Crippen molar-refractivity contribution < 1.29 is 9.32 Å². The molecule has 0 aliphatic heterocycles. The molecule has 1 aromatic carbocycles. The number of carbonyl (C=O) groups is 1. The molecule has 0 unspecified atom stereocenters. The number of hydrogen-bond donors (Lipinski definition) is 1. The average Bonchev–Trinajstić information content (AvgIpc) is 3.29. The van der Waals surface area contributed by atoms with E-state index in [1.54, 1.807) is 6.07 Å². The molecule has 1 N–H and O–H groups in total. The van der Waals surface area contributed by atoms with Gasteiger partial charge in [-0.1, -0.05) is 17.3 Å². The van der Waals surface area contributed by atoms with Crippen LogP contribution in [0.3, 0.4) is 0 Å². The monoisotopic (exact) mass is 338 g/mol. The summed E-state index contributed by atoms with van der Waals surface area (Å²) in [6, 6.07) is 9.87. The van der Waals surface area contributed by atoms with E-state index in [4.69, 9.17) is 9.51 Å². The predicted molar refractivity (Wildman–Crippen MR) is 94.2 cm³/mol. The second-order valence-electron chi connectivity index (χ2n) is 6.82. The number of nitrogens with zero attached hydrogens (tertiary/aromatic N) is 3. The largest absolute Gasteiger partial charge is 0.351 e. The summed E-state index contributed by atoms with van der Waals surface area (Å²) in [5, 5.41) is 6.51. The van der Waals surface area contributed by atoms with E-state index in [-0.39, 0.29) is 11.7 Å². The minimum atomic E-state index is -0.185. The van der Waals surface area contributed by atoms with Gasteiger partial charge in [0, 0.05) is 25.6 Å². The number of carbonyl (C=O) groups excluding carboxylic acids is 1. The molecule has 0 atom stereocenters. The number of aromatic nitrogens is 3. The molecule has 1 saturated carbocycles. The van der Waals surface area contributed by atoms with Gasteiger partial charge in [-0.2, -0.15) is 0 Å². The highest BCUT2D eigenvalue weighted by atomic mass is 16.5. The molecular weight excluding hydrogens is 316 g/mol. The van der Waals surface area contributed by atoms with E-state index in [9.17, 15) is 4.79 Å². The Morgan fingerprint density at radius 2 is 2.04 bits per heavy atom. The van der Waals surface area contributed by atoms with Gasteiger partial charge in [-0.25, -0.2) is 4.98 Å². The van der Waals surface area contributed by atoms with Crippen LogP contribution in [0.25, 0.3) is 11.0 Å². The normalized spacial score (nSPS) is 20.7. The lowest BCUT2D eigenvalue weighted by atomic mass is 9.81. The number of fused-ring (bicyclic) bond motifs is 1. The van der Waals surface area contributed by atoms with Gasteiger partial charge in [0.25, 0.3) is 5.91 Å². The number of nitrogens with one attached hydrogen (secondary N) is 1. The zero-order chi connectivity index (χ0) is 17.2. The molecule has 1 aliphatic rings. The molecule has 130 valence electrons. The third-order valence-corrected chi connectivity index (χ3v) is 5.25. The van der Waals surface area contributed by atoms with Gasteiger partial charge in [-0.15, -0.1) is 0 Å². The molecule has 3 aromatic rings. The van der Waals surface area contributed by atoms with E-state index in [1.165, 1.54) is 17.5 Å². The molecule has 6 nitrogen and oxygen atoms in total. The van der Waals surface area contributed by atoms with Gasteiger partial charge in [-0.05, 0) is 43.7 Å². The average molecular weight is 338 g/mol. The fraction of sp³-hybridized carbons (Fsp3) is 0.421. The summed E-state index contributed by atoms with van der Waals surface area (Å²) in [4.78, 5) is 16.8. The Bertz CT molecular complexity index is 861. The van der Waals surface area contributed by atoms with Crippen LogP contribution in [0.15, 0.2) is 41.1 Å². The van der Waals surface area contributed by atoms with Crippen LogP contribution in [0.1, 0.15) is 48.0 Å². The van der Waals surface area contributed by atoms with Crippen molar-refractivity contribution in [3.63, 3.8) is 0 Å². The fourth-order valence-electron chi connectivity index (χ4n) is 3.81. The number of aryl methyl sites for hydroxylation is 1. The molecule has 0 spiro atoms. The molecule has 2 aromatic heterocycles. The standard InChI is InChI=1S/C19H22N4O2/c1-23-16-5-3-2-4-15(16)22-18(23)14-8-6-13(7-9-14)12-20-19(24)17-10-11-21-25-17/h2-5,10-11,13-14H,6-9,12H2,1H3,(H,20,24). The zero-order valence-electron chi connectivity index (χ0n) is 14.3. The van der Waals surface area contributed by atoms with E-state index in [2.05, 4.69) is 40.3 Å². The number of para-hydroxylation sites is 2. The van der Waals surface area contributed by atoms with Crippen molar-refractivity contribution in [1.29, 1.82) is 0 Å². The van der Waals surface area contributed by atoms with E-state index < -0.39 is 0 Å². The van der Waals surface area contributed by atoms with Crippen LogP contribution >= 0.6 is 0 Å². The molecular formula is C19H22N4O2. The van der Waals surface area contributed by atoms with E-state index in [1.807, 2.05) is 6.07 Å². The van der Waals surface area contributed by atoms with Crippen LogP contribution in [-0.2, 0) is 7.05 Å². The van der Waals surface area contributed by atoms with Gasteiger partial charge in [0.1, 0.15) is 5.82 Å². The van der Waals surface area contributed by atoms with Crippen molar-refractivity contribution >= 4 is 16.9 Å². The number of imidazole rings is 1. The SMILES string of the molecule is Cn1c(C2CCC(CNC(=O)c3ccno3)CC2)nc2ccccc21. The van der Waals surface area contributed by atoms with Gasteiger partial charge in [-0.3, -0.25) is 4.79 Å². The van der Waals surface area contributed by atoms with Gasteiger partial charge in [0.15, 0.2) is 0 Å². The third-order valence-electron chi connectivity index (χ3n) is 5.25. The molecule has 0 saturated heterocycles. The van der Waals surface area contributed by atoms with Crippen LogP contribution in [0.5, 0.6) is 0 Å². The Labute approximate surface area is 146 Å². The van der Waals surface area contributed by atoms with Crippen molar-refractivity contribution in [1.82, 2.24) is 20.0 Å². The lowest BCUT2D eigenvalue weighted by Crippen LogP contribution is -2.31. The predicted octanol–water partition coefficient (Wildman–Crippen LogP) is 3.27. The van der Waals surface area contributed by atoms with Crippen LogP contribution < -0.4 is 5.32 Å². The molecule has 2 heterocycles. The lowest BCUT2D eigenvalue weighted by Gasteiger charge is -2.28. The first-order valence-corrected chi connectivity index (χ1v) is 8.82. The molecule has 4 rings (SSSR count). The van der Waals surface area contributed by atoms with Gasteiger partial charge in [0.2, 0.25) is 5.76 Å². The topological polar surface area (TPSA) is 73.0 Å². The van der Waals surface area contributed by atoms with E-state index in [0.717, 1.165) is 31.2 Å². The van der Waals surface area contributed by atoms with Gasteiger partial charge in [0.05, 0.1) is 17.2 Å². The summed E-state index contributed by atoms with van der Waals surface area (Å²) in [6.07, 6.45) is 5.91. The number of amides is 1. The van der Waals surface area contributed by atoms with Gasteiger partial charge < -0.3 is 14.4 Å². The highest BCUT2D eigenvalue weighted by molar-refractivity contribution is 5.91. The Morgan fingerprint density at radius 1 is 1.24 bits per heavy atom. The second kappa shape index (κ2) is 6.70. The molecule has 1 aliphatic carbocycles. The first kappa shape index (κ1) is 15.9. The molecule has 1 amide bonds. The lowest BCUT2D eigenvalue weighted by molar-refractivity contribution is 0.0905. The van der Waals surface area contributed by atoms with Crippen LogP contribution in [0.4, 0.5) is 0 Å². The van der Waals surface area contributed by atoms with Crippen LogP contribution in [-0.4, -0.2) is 27.2 Å². The summed E-state index contributed by atoms with van der Waals surface area (Å²) in [5.74, 6) is 2.28. The van der Waals surface area contributed by atoms with Crippen molar-refractivity contribution in [3.8, 4) is 0 Å². The van der Waals surface area contributed by atoms with E-state index >= 15 is 0 Å². The summed E-state index contributed by atoms with van der Waals surface area (Å²) in [7, 11) is 2.11. The molecule has 0 bridgehead atoms. The second-order valence-corrected chi connectivity index (χ2v) is 6.82. The minimum absolute atomic E-state index is 0.185. The van der Waals surface area contributed by atoms with Crippen LogP contribution in [0, 0.1) is 5.92 Å². The minimum Gasteiger partial charge on any atom is -0.351 e. The van der Waals surface area contributed by atoms with Crippen molar-refractivity contribution in [2.24, 2.45) is 13.0 Å². The number of hydrogen-bond acceptors (Lipinski definition) is 4. The molecule has 25 heavy (non-hydrogen) atoms. The maximum absolute atomic E-state index is 11.9. The Morgan fingerprint density at radius 3 is 2.76 bits per heavy atom. The molecule has 6 heteroatoms. The Balaban J connectivity index is 1.35. The fourth-order valence-corrected chi connectivity index (χ4v) is 3.81. The maximum Gasteiger partial charge on any atom is 0.289 e. The summed E-state index contributed by atoms with van der Waals surface area (Å²) in [6.45, 7) is 0.689. The van der Waals surface area contributed by atoms with E-state index in [0.29, 0.717) is 18.4 Å². The zero-order valence-corrected chi connectivity index (χ0v) is 14.3. The highest BCUT2D eigenvalue weighted by Gasteiger charge is 2.26. The highest BCUT2D eigenvalue weighted by Crippen LogP contribution is 2.36. The molecule has 0 radical (unpaired) electrons. The van der Waals surface area contributed by atoms with Gasteiger partial charge >= 0.3 is 0 Å². The Kier molecular flexibility index (Phi) is 4.26. The Hall–Kier alpha value is -2.63. The van der Waals surface area contributed by atoms with Crippen LogP contribution in [0.2, 0.25) is 0 Å². The third kappa shape index (κ3) is 3.16.